The third-order valence-electron chi connectivity index (χ3n) is 3.29. The van der Waals surface area contributed by atoms with E-state index in [2.05, 4.69) is 9.88 Å². The molecule has 0 bridgehead atoms. The fourth-order valence-corrected chi connectivity index (χ4v) is 2.46. The number of anilines is 1. The molecule has 0 amide bonds. The van der Waals surface area contributed by atoms with Crippen LogP contribution >= 0.6 is 12.2 Å². The van der Waals surface area contributed by atoms with Gasteiger partial charge in [-0.2, -0.15) is 0 Å². The van der Waals surface area contributed by atoms with Gasteiger partial charge in [0.1, 0.15) is 10.8 Å². The number of thiocarbonyl (C=S) groups is 1. The maximum Gasteiger partial charge on any atom is 0.138 e. The molecule has 1 fully saturated rings. The van der Waals surface area contributed by atoms with E-state index in [-0.39, 0.29) is 0 Å². The lowest BCUT2D eigenvalue weighted by Gasteiger charge is -2.28. The van der Waals surface area contributed by atoms with Gasteiger partial charge in [0.05, 0.1) is 5.56 Å². The summed E-state index contributed by atoms with van der Waals surface area (Å²) < 4.78 is 5.37. The van der Waals surface area contributed by atoms with Gasteiger partial charge in [-0.25, -0.2) is 4.98 Å². The van der Waals surface area contributed by atoms with E-state index in [1.165, 1.54) is 0 Å². The number of pyridine rings is 1. The Kier molecular flexibility index (Phi) is 4.49. The molecule has 0 radical (unpaired) electrons. The summed E-state index contributed by atoms with van der Waals surface area (Å²) in [7, 11) is 2.04. The Morgan fingerprint density at radius 2 is 2.28 bits per heavy atom. The third-order valence-corrected chi connectivity index (χ3v) is 3.51. The van der Waals surface area contributed by atoms with Gasteiger partial charge in [-0.3, -0.25) is 0 Å². The lowest BCUT2D eigenvalue weighted by molar-refractivity contribution is 0.0685. The van der Waals surface area contributed by atoms with Crippen LogP contribution in [0.4, 0.5) is 5.82 Å². The van der Waals surface area contributed by atoms with Crippen LogP contribution in [0.25, 0.3) is 0 Å². The molecule has 1 aromatic rings. The molecule has 98 valence electrons. The van der Waals surface area contributed by atoms with E-state index in [1.807, 2.05) is 19.2 Å². The first-order chi connectivity index (χ1) is 8.68. The van der Waals surface area contributed by atoms with Crippen LogP contribution < -0.4 is 10.6 Å². The van der Waals surface area contributed by atoms with E-state index >= 15 is 0 Å². The molecule has 0 saturated carbocycles. The second kappa shape index (κ2) is 6.11. The monoisotopic (exact) mass is 265 g/mol. The zero-order chi connectivity index (χ0) is 13.0. The van der Waals surface area contributed by atoms with E-state index in [1.54, 1.807) is 6.20 Å². The molecular formula is C13H19N3OS. The highest BCUT2D eigenvalue weighted by Gasteiger charge is 2.18. The molecular weight excluding hydrogens is 246 g/mol. The molecule has 2 heterocycles. The summed E-state index contributed by atoms with van der Waals surface area (Å²) in [4.78, 5) is 6.94. The maximum absolute atomic E-state index is 5.73. The molecule has 2 rings (SSSR count). The van der Waals surface area contributed by atoms with Crippen molar-refractivity contribution in [1.82, 2.24) is 4.98 Å². The summed E-state index contributed by atoms with van der Waals surface area (Å²) in [5.74, 6) is 1.53. The van der Waals surface area contributed by atoms with Gasteiger partial charge < -0.3 is 15.4 Å². The van der Waals surface area contributed by atoms with Crippen molar-refractivity contribution < 1.29 is 4.74 Å². The van der Waals surface area contributed by atoms with Crippen molar-refractivity contribution in [1.29, 1.82) is 0 Å². The standard InChI is InChI=1S/C13H19N3OS/c1-16(9-10-4-7-17-8-5-10)13-11(12(14)18)3-2-6-15-13/h2-3,6,10H,4-5,7-9H2,1H3,(H2,14,18). The quantitative estimate of drug-likeness (QED) is 0.838. The van der Waals surface area contributed by atoms with Crippen LogP contribution in [0.2, 0.25) is 0 Å². The highest BCUT2D eigenvalue weighted by Crippen LogP contribution is 2.21. The summed E-state index contributed by atoms with van der Waals surface area (Å²) in [6.07, 6.45) is 4.00. The molecule has 0 spiro atoms. The van der Waals surface area contributed by atoms with Crippen molar-refractivity contribution in [2.45, 2.75) is 12.8 Å². The van der Waals surface area contributed by atoms with E-state index < -0.39 is 0 Å². The van der Waals surface area contributed by atoms with E-state index in [0.29, 0.717) is 10.9 Å². The molecule has 0 aromatic carbocycles. The predicted octanol–water partition coefficient (Wildman–Crippen LogP) is 1.58. The summed E-state index contributed by atoms with van der Waals surface area (Å²) >= 11 is 5.06. The average molecular weight is 265 g/mol. The minimum absolute atomic E-state index is 0.400. The van der Waals surface area contributed by atoms with E-state index in [9.17, 15) is 0 Å². The lowest BCUT2D eigenvalue weighted by atomic mass is 10.00. The molecule has 1 aromatic heterocycles. The minimum Gasteiger partial charge on any atom is -0.389 e. The smallest absolute Gasteiger partial charge is 0.138 e. The number of nitrogens with zero attached hydrogens (tertiary/aromatic N) is 2. The topological polar surface area (TPSA) is 51.4 Å². The zero-order valence-electron chi connectivity index (χ0n) is 10.6. The highest BCUT2D eigenvalue weighted by molar-refractivity contribution is 7.80. The Bertz CT molecular complexity index is 418. The normalized spacial score (nSPS) is 16.5. The molecule has 4 nitrogen and oxygen atoms in total. The van der Waals surface area contributed by atoms with Gasteiger partial charge in [0.15, 0.2) is 0 Å². The first kappa shape index (κ1) is 13.2. The van der Waals surface area contributed by atoms with Crippen LogP contribution in [0.3, 0.4) is 0 Å². The van der Waals surface area contributed by atoms with Crippen LogP contribution in [0.15, 0.2) is 18.3 Å². The average Bonchev–Trinajstić information content (AvgIpc) is 2.40. The van der Waals surface area contributed by atoms with Gasteiger partial charge in [0.2, 0.25) is 0 Å². The Balaban J connectivity index is 2.08. The molecule has 5 heteroatoms. The van der Waals surface area contributed by atoms with Crippen molar-refractivity contribution in [2.24, 2.45) is 11.7 Å². The molecule has 2 N–H and O–H groups in total. The van der Waals surface area contributed by atoms with Crippen molar-refractivity contribution >= 4 is 23.0 Å². The van der Waals surface area contributed by atoms with Crippen LogP contribution in [0, 0.1) is 5.92 Å². The maximum atomic E-state index is 5.73. The van der Waals surface area contributed by atoms with Gasteiger partial charge >= 0.3 is 0 Å². The molecule has 18 heavy (non-hydrogen) atoms. The first-order valence-corrected chi connectivity index (χ1v) is 6.63. The van der Waals surface area contributed by atoms with E-state index in [4.69, 9.17) is 22.7 Å². The summed E-state index contributed by atoms with van der Waals surface area (Å²) in [5, 5.41) is 0. The molecule has 0 atom stereocenters. The van der Waals surface area contributed by atoms with Crippen LogP contribution in [0.1, 0.15) is 18.4 Å². The van der Waals surface area contributed by atoms with Crippen molar-refractivity contribution in [2.75, 3.05) is 31.7 Å². The number of ether oxygens (including phenoxy) is 1. The molecule has 0 unspecified atom stereocenters. The summed E-state index contributed by atoms with van der Waals surface area (Å²) in [5.41, 5.74) is 6.58. The number of hydrogen-bond donors (Lipinski definition) is 1. The Morgan fingerprint density at radius 3 is 2.94 bits per heavy atom. The van der Waals surface area contributed by atoms with Gasteiger partial charge in [-0.05, 0) is 30.9 Å². The van der Waals surface area contributed by atoms with Gasteiger partial charge in [0, 0.05) is 33.0 Å². The zero-order valence-corrected chi connectivity index (χ0v) is 11.4. The molecule has 1 aliphatic heterocycles. The van der Waals surface area contributed by atoms with Crippen LogP contribution in [-0.2, 0) is 4.74 Å². The Labute approximate surface area is 113 Å². The highest BCUT2D eigenvalue weighted by atomic mass is 32.1. The van der Waals surface area contributed by atoms with E-state index in [0.717, 1.165) is 44.0 Å². The van der Waals surface area contributed by atoms with Crippen LogP contribution in [-0.4, -0.2) is 36.8 Å². The van der Waals surface area contributed by atoms with Gasteiger partial charge in [0.25, 0.3) is 0 Å². The number of aromatic nitrogens is 1. The lowest BCUT2D eigenvalue weighted by Crippen LogP contribution is -2.31. The summed E-state index contributed by atoms with van der Waals surface area (Å²) in [6, 6.07) is 3.78. The fraction of sp³-hybridized carbons (Fsp3) is 0.538. The molecule has 0 aliphatic carbocycles. The summed E-state index contributed by atoms with van der Waals surface area (Å²) in [6.45, 7) is 2.70. The van der Waals surface area contributed by atoms with Crippen molar-refractivity contribution in [3.63, 3.8) is 0 Å². The molecule has 1 saturated heterocycles. The van der Waals surface area contributed by atoms with Crippen molar-refractivity contribution in [3.05, 3.63) is 23.9 Å². The first-order valence-electron chi connectivity index (χ1n) is 6.22. The van der Waals surface area contributed by atoms with Gasteiger partial charge in [-0.15, -0.1) is 0 Å². The molecule has 1 aliphatic rings. The van der Waals surface area contributed by atoms with Gasteiger partial charge in [-0.1, -0.05) is 12.2 Å². The number of rotatable bonds is 4. The second-order valence-electron chi connectivity index (χ2n) is 4.68. The number of nitrogens with two attached hydrogens (primary N) is 1. The predicted molar refractivity (Wildman–Crippen MR) is 76.9 cm³/mol. The minimum atomic E-state index is 0.400. The number of hydrogen-bond acceptors (Lipinski definition) is 4. The Hall–Kier alpha value is -1.20. The van der Waals surface area contributed by atoms with Crippen molar-refractivity contribution in [3.8, 4) is 0 Å². The third kappa shape index (κ3) is 3.17. The second-order valence-corrected chi connectivity index (χ2v) is 5.11. The Morgan fingerprint density at radius 1 is 1.56 bits per heavy atom. The fourth-order valence-electron chi connectivity index (χ4n) is 2.30. The largest absolute Gasteiger partial charge is 0.389 e. The van der Waals surface area contributed by atoms with Crippen LogP contribution in [0.5, 0.6) is 0 Å². The SMILES string of the molecule is CN(CC1CCOCC1)c1ncccc1C(N)=S.